The Bertz CT molecular complexity index is 1000. The third-order valence-corrected chi connectivity index (χ3v) is 6.52. The average Bonchev–Trinajstić information content (AvgIpc) is 2.84. The number of anilines is 1. The Hall–Kier alpha value is -3.23. The second kappa shape index (κ2) is 11.3. The summed E-state index contributed by atoms with van der Waals surface area (Å²) in [5.41, 5.74) is 2.96. The van der Waals surface area contributed by atoms with Crippen molar-refractivity contribution in [3.8, 4) is 0 Å². The molecule has 2 aliphatic heterocycles. The first kappa shape index (κ1) is 23.9. The van der Waals surface area contributed by atoms with Gasteiger partial charge in [0, 0.05) is 51.5 Å². The lowest BCUT2D eigenvalue weighted by molar-refractivity contribution is -0.145. The van der Waals surface area contributed by atoms with Gasteiger partial charge in [0.25, 0.3) is 0 Å². The standard InChI is InChI=1S/C26H33N5O3/c1-20-7-5-6-10-22(20)28-24(32)17-23-26(34)27-11-12-31(23)25(33)19-30-15-13-29(14-16-30)18-21-8-3-2-4-9-21/h2-10,23H,11-19H2,1H3,(H,27,34)(H,28,32). The van der Waals surface area contributed by atoms with Crippen LogP contribution in [0.1, 0.15) is 17.5 Å². The Kier molecular flexibility index (Phi) is 7.92. The average molecular weight is 464 g/mol. The van der Waals surface area contributed by atoms with Crippen molar-refractivity contribution in [2.45, 2.75) is 25.9 Å². The molecule has 0 aliphatic carbocycles. The molecule has 2 saturated heterocycles. The van der Waals surface area contributed by atoms with E-state index in [1.54, 1.807) is 4.90 Å². The fourth-order valence-corrected chi connectivity index (χ4v) is 4.54. The van der Waals surface area contributed by atoms with Gasteiger partial charge in [0.1, 0.15) is 6.04 Å². The molecule has 2 aromatic rings. The minimum Gasteiger partial charge on any atom is -0.353 e. The molecule has 0 saturated carbocycles. The fraction of sp³-hybridized carbons (Fsp3) is 0.423. The zero-order chi connectivity index (χ0) is 23.9. The van der Waals surface area contributed by atoms with Crippen LogP contribution < -0.4 is 10.6 Å². The van der Waals surface area contributed by atoms with Gasteiger partial charge in [-0.2, -0.15) is 0 Å². The highest BCUT2D eigenvalue weighted by Crippen LogP contribution is 2.16. The molecule has 8 heteroatoms. The normalized spacial score (nSPS) is 19.5. The molecular weight excluding hydrogens is 430 g/mol. The van der Waals surface area contributed by atoms with Crippen molar-refractivity contribution in [2.75, 3.05) is 51.1 Å². The predicted octanol–water partition coefficient (Wildman–Crippen LogP) is 1.47. The van der Waals surface area contributed by atoms with E-state index in [1.165, 1.54) is 5.56 Å². The lowest BCUT2D eigenvalue weighted by Crippen LogP contribution is -2.60. The molecule has 1 unspecified atom stereocenters. The quantitative estimate of drug-likeness (QED) is 0.650. The highest BCUT2D eigenvalue weighted by Gasteiger charge is 2.35. The van der Waals surface area contributed by atoms with Crippen LogP contribution in [0.2, 0.25) is 0 Å². The van der Waals surface area contributed by atoms with Crippen LogP contribution in [0.3, 0.4) is 0 Å². The van der Waals surface area contributed by atoms with Gasteiger partial charge in [-0.15, -0.1) is 0 Å². The molecule has 3 amide bonds. The fourth-order valence-electron chi connectivity index (χ4n) is 4.54. The van der Waals surface area contributed by atoms with E-state index in [1.807, 2.05) is 37.3 Å². The molecule has 34 heavy (non-hydrogen) atoms. The molecule has 2 N–H and O–H groups in total. The van der Waals surface area contributed by atoms with Crippen LogP contribution in [-0.4, -0.2) is 84.3 Å². The van der Waals surface area contributed by atoms with Gasteiger partial charge < -0.3 is 15.5 Å². The maximum Gasteiger partial charge on any atom is 0.243 e. The highest BCUT2D eigenvalue weighted by molar-refractivity contribution is 5.98. The summed E-state index contributed by atoms with van der Waals surface area (Å²) in [4.78, 5) is 44.5. The van der Waals surface area contributed by atoms with Gasteiger partial charge in [0.15, 0.2) is 0 Å². The van der Waals surface area contributed by atoms with Crippen molar-refractivity contribution >= 4 is 23.4 Å². The van der Waals surface area contributed by atoms with Gasteiger partial charge in [0.2, 0.25) is 17.7 Å². The number of benzene rings is 2. The van der Waals surface area contributed by atoms with Crippen molar-refractivity contribution in [3.63, 3.8) is 0 Å². The molecule has 1 atom stereocenters. The van der Waals surface area contributed by atoms with Crippen molar-refractivity contribution < 1.29 is 14.4 Å². The smallest absolute Gasteiger partial charge is 0.243 e. The van der Waals surface area contributed by atoms with E-state index >= 15 is 0 Å². The predicted molar refractivity (Wildman–Crippen MR) is 131 cm³/mol. The van der Waals surface area contributed by atoms with E-state index in [9.17, 15) is 14.4 Å². The molecule has 0 radical (unpaired) electrons. The number of rotatable bonds is 7. The number of amides is 3. The van der Waals surface area contributed by atoms with Gasteiger partial charge >= 0.3 is 0 Å². The van der Waals surface area contributed by atoms with Crippen molar-refractivity contribution in [1.29, 1.82) is 0 Å². The lowest BCUT2D eigenvalue weighted by atomic mass is 10.1. The number of para-hydroxylation sites is 1. The summed E-state index contributed by atoms with van der Waals surface area (Å²) < 4.78 is 0. The van der Waals surface area contributed by atoms with Crippen molar-refractivity contribution in [2.24, 2.45) is 0 Å². The van der Waals surface area contributed by atoms with Crippen molar-refractivity contribution in [1.82, 2.24) is 20.0 Å². The van der Waals surface area contributed by atoms with Crippen LogP contribution >= 0.6 is 0 Å². The molecule has 0 bridgehead atoms. The highest BCUT2D eigenvalue weighted by atomic mass is 16.2. The molecule has 4 rings (SSSR count). The summed E-state index contributed by atoms with van der Waals surface area (Å²) in [6, 6.07) is 17.1. The van der Waals surface area contributed by atoms with Crippen LogP contribution in [0.5, 0.6) is 0 Å². The number of piperazine rings is 2. The van der Waals surface area contributed by atoms with E-state index in [2.05, 4.69) is 44.7 Å². The number of hydrogen-bond donors (Lipinski definition) is 2. The van der Waals surface area contributed by atoms with E-state index in [0.717, 1.165) is 44.0 Å². The van der Waals surface area contributed by atoms with E-state index in [-0.39, 0.29) is 30.7 Å². The Morgan fingerprint density at radius 2 is 1.62 bits per heavy atom. The van der Waals surface area contributed by atoms with E-state index in [4.69, 9.17) is 0 Å². The van der Waals surface area contributed by atoms with Crippen LogP contribution in [0.25, 0.3) is 0 Å². The number of aryl methyl sites for hydroxylation is 1. The molecule has 180 valence electrons. The first-order valence-electron chi connectivity index (χ1n) is 11.9. The number of nitrogens with one attached hydrogen (secondary N) is 2. The Balaban J connectivity index is 1.30. The summed E-state index contributed by atoms with van der Waals surface area (Å²) in [5.74, 6) is -0.643. The molecule has 2 heterocycles. The monoisotopic (exact) mass is 463 g/mol. The maximum atomic E-state index is 13.1. The topological polar surface area (TPSA) is 85.0 Å². The maximum absolute atomic E-state index is 13.1. The van der Waals surface area contributed by atoms with Crippen LogP contribution in [0, 0.1) is 6.92 Å². The number of hydrogen-bond acceptors (Lipinski definition) is 5. The first-order chi connectivity index (χ1) is 16.5. The minimum atomic E-state index is -0.787. The van der Waals surface area contributed by atoms with Gasteiger partial charge in [-0.3, -0.25) is 24.2 Å². The number of carbonyl (C=O) groups is 3. The summed E-state index contributed by atoms with van der Waals surface area (Å²) in [6.07, 6.45) is -0.0588. The van der Waals surface area contributed by atoms with Crippen LogP contribution in [-0.2, 0) is 20.9 Å². The third kappa shape index (κ3) is 6.21. The van der Waals surface area contributed by atoms with Gasteiger partial charge in [-0.05, 0) is 24.1 Å². The molecular formula is C26H33N5O3. The van der Waals surface area contributed by atoms with Gasteiger partial charge in [-0.1, -0.05) is 48.5 Å². The van der Waals surface area contributed by atoms with E-state index < -0.39 is 6.04 Å². The Morgan fingerprint density at radius 1 is 0.941 bits per heavy atom. The summed E-state index contributed by atoms with van der Waals surface area (Å²) >= 11 is 0. The number of carbonyl (C=O) groups excluding carboxylic acids is 3. The molecule has 2 aromatic carbocycles. The minimum absolute atomic E-state index is 0.0588. The molecule has 0 aromatic heterocycles. The van der Waals surface area contributed by atoms with Crippen LogP contribution in [0.4, 0.5) is 5.69 Å². The molecule has 0 spiro atoms. The van der Waals surface area contributed by atoms with Crippen molar-refractivity contribution in [3.05, 3.63) is 65.7 Å². The molecule has 8 nitrogen and oxygen atoms in total. The van der Waals surface area contributed by atoms with Crippen LogP contribution in [0.15, 0.2) is 54.6 Å². The largest absolute Gasteiger partial charge is 0.353 e. The summed E-state index contributed by atoms with van der Waals surface area (Å²) in [5, 5.41) is 5.67. The number of nitrogens with zero attached hydrogens (tertiary/aromatic N) is 3. The molecule has 2 aliphatic rings. The van der Waals surface area contributed by atoms with Gasteiger partial charge in [-0.25, -0.2) is 0 Å². The second-order valence-corrected chi connectivity index (χ2v) is 9.00. The van der Waals surface area contributed by atoms with Gasteiger partial charge in [0.05, 0.1) is 13.0 Å². The SMILES string of the molecule is Cc1ccccc1NC(=O)CC1C(=O)NCCN1C(=O)CN1CCN(Cc2ccccc2)CC1. The van der Waals surface area contributed by atoms with E-state index in [0.29, 0.717) is 13.1 Å². The third-order valence-electron chi connectivity index (χ3n) is 6.52. The Morgan fingerprint density at radius 3 is 2.35 bits per heavy atom. The Labute approximate surface area is 200 Å². The zero-order valence-electron chi connectivity index (χ0n) is 19.7. The first-order valence-corrected chi connectivity index (χ1v) is 11.9. The molecule has 2 fully saturated rings. The summed E-state index contributed by atoms with van der Waals surface area (Å²) in [6.45, 7) is 7.31. The second-order valence-electron chi connectivity index (χ2n) is 9.00. The zero-order valence-corrected chi connectivity index (χ0v) is 19.7. The summed E-state index contributed by atoms with van der Waals surface area (Å²) in [7, 11) is 0. The lowest BCUT2D eigenvalue weighted by Gasteiger charge is -2.38.